The Kier molecular flexibility index (Phi) is 6.25. The van der Waals surface area contributed by atoms with Gasteiger partial charge in [0.2, 0.25) is 0 Å². The number of carbonyl (C=O) groups is 1. The standard InChI is InChI=1S/C22H22F6N2O/c1-13-4-3-5-16(10-13)29-20(31)17-11-14(2)18(22(26,27)28)12-19(17)30-8-6-15(7-9-30)21(23,24)25/h3-5,10-12,15H,6-9H2,1-2H3,(H,29,31). The molecule has 1 heterocycles. The zero-order chi connectivity index (χ0) is 23.0. The molecule has 2 aromatic carbocycles. The molecule has 0 saturated carbocycles. The number of hydrogen-bond donors (Lipinski definition) is 1. The van der Waals surface area contributed by atoms with Crippen LogP contribution in [0.15, 0.2) is 36.4 Å². The van der Waals surface area contributed by atoms with Gasteiger partial charge in [0, 0.05) is 18.8 Å². The predicted molar refractivity (Wildman–Crippen MR) is 106 cm³/mol. The average molecular weight is 444 g/mol. The number of anilines is 2. The maximum Gasteiger partial charge on any atom is 0.416 e. The van der Waals surface area contributed by atoms with Gasteiger partial charge in [-0.25, -0.2) is 0 Å². The number of amides is 1. The highest BCUT2D eigenvalue weighted by molar-refractivity contribution is 6.08. The zero-order valence-corrected chi connectivity index (χ0v) is 17.0. The molecule has 31 heavy (non-hydrogen) atoms. The summed E-state index contributed by atoms with van der Waals surface area (Å²) in [6.45, 7) is 2.91. The molecule has 1 N–H and O–H groups in total. The summed E-state index contributed by atoms with van der Waals surface area (Å²) in [5.41, 5.74) is 0.310. The maximum absolute atomic E-state index is 13.5. The molecule has 0 radical (unpaired) electrons. The summed E-state index contributed by atoms with van der Waals surface area (Å²) < 4.78 is 79.4. The van der Waals surface area contributed by atoms with Crippen molar-refractivity contribution in [3.05, 3.63) is 58.7 Å². The second-order valence-electron chi connectivity index (χ2n) is 7.81. The number of piperidine rings is 1. The molecule has 0 aromatic heterocycles. The summed E-state index contributed by atoms with van der Waals surface area (Å²) in [6, 6.07) is 8.94. The molecule has 9 heteroatoms. The molecule has 0 spiro atoms. The van der Waals surface area contributed by atoms with E-state index in [0.29, 0.717) is 5.69 Å². The van der Waals surface area contributed by atoms with Crippen molar-refractivity contribution in [1.29, 1.82) is 0 Å². The van der Waals surface area contributed by atoms with Gasteiger partial charge in [-0.2, -0.15) is 26.3 Å². The van der Waals surface area contributed by atoms with Crippen molar-refractivity contribution in [3.8, 4) is 0 Å². The van der Waals surface area contributed by atoms with Gasteiger partial charge < -0.3 is 10.2 Å². The van der Waals surface area contributed by atoms with Gasteiger partial charge in [0.25, 0.3) is 5.91 Å². The van der Waals surface area contributed by atoms with Gasteiger partial charge in [0.05, 0.1) is 22.7 Å². The van der Waals surface area contributed by atoms with E-state index in [1.165, 1.54) is 11.8 Å². The molecule has 1 aliphatic heterocycles. The average Bonchev–Trinajstić information content (AvgIpc) is 2.66. The number of alkyl halides is 6. The van der Waals surface area contributed by atoms with Gasteiger partial charge >= 0.3 is 12.4 Å². The fourth-order valence-electron chi connectivity index (χ4n) is 3.81. The molecule has 1 amide bonds. The van der Waals surface area contributed by atoms with E-state index < -0.39 is 29.7 Å². The van der Waals surface area contributed by atoms with E-state index in [9.17, 15) is 31.1 Å². The predicted octanol–water partition coefficient (Wildman–Crippen LogP) is 6.35. The normalized spacial score (nSPS) is 15.8. The first-order chi connectivity index (χ1) is 14.4. The third-order valence-corrected chi connectivity index (χ3v) is 5.47. The molecule has 0 bridgehead atoms. The van der Waals surface area contributed by atoms with Gasteiger partial charge in [-0.15, -0.1) is 0 Å². The van der Waals surface area contributed by atoms with Gasteiger partial charge in [-0.05, 0) is 62.1 Å². The van der Waals surface area contributed by atoms with Crippen LogP contribution in [-0.2, 0) is 6.18 Å². The Hall–Kier alpha value is -2.71. The minimum atomic E-state index is -4.64. The molecule has 3 nitrogen and oxygen atoms in total. The van der Waals surface area contributed by atoms with Crippen LogP contribution in [0.4, 0.5) is 37.7 Å². The smallest absolute Gasteiger partial charge is 0.371 e. The number of nitrogens with zero attached hydrogens (tertiary/aromatic N) is 1. The Morgan fingerprint density at radius 2 is 1.65 bits per heavy atom. The second kappa shape index (κ2) is 8.43. The summed E-state index contributed by atoms with van der Waals surface area (Å²) in [6.07, 6.45) is -9.47. The lowest BCUT2D eigenvalue weighted by Crippen LogP contribution is -2.40. The van der Waals surface area contributed by atoms with Crippen molar-refractivity contribution in [2.45, 2.75) is 39.0 Å². The van der Waals surface area contributed by atoms with Crippen molar-refractivity contribution in [1.82, 2.24) is 0 Å². The van der Waals surface area contributed by atoms with E-state index >= 15 is 0 Å². The molecule has 1 fully saturated rings. The molecule has 2 aromatic rings. The molecule has 1 saturated heterocycles. The molecular formula is C22H22F6N2O. The second-order valence-corrected chi connectivity index (χ2v) is 7.81. The Morgan fingerprint density at radius 3 is 2.19 bits per heavy atom. The number of benzene rings is 2. The molecular weight excluding hydrogens is 422 g/mol. The molecule has 3 rings (SSSR count). The van der Waals surface area contributed by atoms with E-state index in [1.54, 1.807) is 18.2 Å². The molecule has 168 valence electrons. The van der Waals surface area contributed by atoms with Gasteiger partial charge in [0.1, 0.15) is 0 Å². The summed E-state index contributed by atoms with van der Waals surface area (Å²) in [5, 5.41) is 2.67. The lowest BCUT2D eigenvalue weighted by molar-refractivity contribution is -0.179. The summed E-state index contributed by atoms with van der Waals surface area (Å²) in [7, 11) is 0. The fourth-order valence-corrected chi connectivity index (χ4v) is 3.81. The first-order valence-electron chi connectivity index (χ1n) is 9.78. The lowest BCUT2D eigenvalue weighted by atomic mass is 9.94. The van der Waals surface area contributed by atoms with Crippen LogP contribution in [0.1, 0.15) is 39.9 Å². The highest BCUT2D eigenvalue weighted by Gasteiger charge is 2.42. The highest BCUT2D eigenvalue weighted by Crippen LogP contribution is 2.39. The van der Waals surface area contributed by atoms with Crippen molar-refractivity contribution in [2.24, 2.45) is 5.92 Å². The Balaban J connectivity index is 1.96. The maximum atomic E-state index is 13.5. The largest absolute Gasteiger partial charge is 0.416 e. The van der Waals surface area contributed by atoms with Crippen molar-refractivity contribution >= 4 is 17.3 Å². The minimum absolute atomic E-state index is 0.00235. The van der Waals surface area contributed by atoms with Crippen LogP contribution in [0.2, 0.25) is 0 Å². The third-order valence-electron chi connectivity index (χ3n) is 5.47. The van der Waals surface area contributed by atoms with E-state index in [1.807, 2.05) is 13.0 Å². The monoisotopic (exact) mass is 444 g/mol. The quantitative estimate of drug-likeness (QED) is 0.560. The number of halogens is 6. The molecule has 0 aliphatic carbocycles. The number of rotatable bonds is 3. The Bertz CT molecular complexity index is 959. The van der Waals surface area contributed by atoms with Gasteiger partial charge in [-0.3, -0.25) is 4.79 Å². The fraction of sp³-hybridized carbons (Fsp3) is 0.409. The Morgan fingerprint density at radius 1 is 1.00 bits per heavy atom. The van der Waals surface area contributed by atoms with E-state index in [0.717, 1.165) is 17.7 Å². The number of nitrogens with one attached hydrogen (secondary N) is 1. The SMILES string of the molecule is Cc1cccc(NC(=O)c2cc(C)c(C(F)(F)F)cc2N2CCC(C(F)(F)F)CC2)c1. The van der Waals surface area contributed by atoms with Crippen LogP contribution < -0.4 is 10.2 Å². The topological polar surface area (TPSA) is 32.3 Å². The van der Waals surface area contributed by atoms with Crippen LogP contribution in [0.5, 0.6) is 0 Å². The van der Waals surface area contributed by atoms with Crippen molar-refractivity contribution < 1.29 is 31.1 Å². The van der Waals surface area contributed by atoms with Crippen LogP contribution in [0.25, 0.3) is 0 Å². The summed E-state index contributed by atoms with van der Waals surface area (Å²) >= 11 is 0. The van der Waals surface area contributed by atoms with Crippen molar-refractivity contribution in [3.63, 3.8) is 0 Å². The van der Waals surface area contributed by atoms with E-state index in [-0.39, 0.29) is 42.7 Å². The van der Waals surface area contributed by atoms with Crippen LogP contribution in [0.3, 0.4) is 0 Å². The van der Waals surface area contributed by atoms with Crippen LogP contribution >= 0.6 is 0 Å². The van der Waals surface area contributed by atoms with Gasteiger partial charge in [-0.1, -0.05) is 12.1 Å². The third kappa shape index (κ3) is 5.32. The van der Waals surface area contributed by atoms with Crippen LogP contribution in [0, 0.1) is 19.8 Å². The minimum Gasteiger partial charge on any atom is -0.371 e. The lowest BCUT2D eigenvalue weighted by Gasteiger charge is -2.35. The molecule has 0 unspecified atom stereocenters. The molecule has 0 atom stereocenters. The van der Waals surface area contributed by atoms with Crippen molar-refractivity contribution in [2.75, 3.05) is 23.3 Å². The van der Waals surface area contributed by atoms with Gasteiger partial charge in [0.15, 0.2) is 0 Å². The Labute approximate surface area is 176 Å². The van der Waals surface area contributed by atoms with E-state index in [4.69, 9.17) is 0 Å². The molecule has 1 aliphatic rings. The first kappa shape index (κ1) is 23.0. The van der Waals surface area contributed by atoms with Crippen LogP contribution in [-0.4, -0.2) is 25.2 Å². The summed E-state index contributed by atoms with van der Waals surface area (Å²) in [4.78, 5) is 14.4. The van der Waals surface area contributed by atoms with E-state index in [2.05, 4.69) is 5.32 Å². The highest BCUT2D eigenvalue weighted by atomic mass is 19.4. The number of aryl methyl sites for hydroxylation is 2. The number of carbonyl (C=O) groups excluding carboxylic acids is 1. The summed E-state index contributed by atoms with van der Waals surface area (Å²) in [5.74, 6) is -2.11. The zero-order valence-electron chi connectivity index (χ0n) is 17.0. The first-order valence-corrected chi connectivity index (χ1v) is 9.78. The number of hydrogen-bond acceptors (Lipinski definition) is 2.